The van der Waals surface area contributed by atoms with Gasteiger partial charge in [0.1, 0.15) is 0 Å². The molecule has 0 aromatic carbocycles. The number of rotatable bonds is 1. The highest BCUT2D eigenvalue weighted by molar-refractivity contribution is 5.87. The van der Waals surface area contributed by atoms with Crippen molar-refractivity contribution in [2.45, 2.75) is 56.4 Å². The molecule has 0 saturated carbocycles. The van der Waals surface area contributed by atoms with Gasteiger partial charge in [-0.15, -0.1) is 0 Å². The van der Waals surface area contributed by atoms with E-state index in [9.17, 15) is 4.79 Å². The Hall–Kier alpha value is -0.590. The molecule has 0 atom stereocenters. The van der Waals surface area contributed by atoms with Crippen molar-refractivity contribution in [1.29, 1.82) is 0 Å². The molecule has 0 aromatic rings. The van der Waals surface area contributed by atoms with Crippen molar-refractivity contribution in [1.82, 2.24) is 0 Å². The Balaban J connectivity index is -0.0000000241. The van der Waals surface area contributed by atoms with Crippen molar-refractivity contribution >= 4 is 5.78 Å². The monoisotopic (exact) mass is 176 g/mol. The smallest absolute Gasteiger partial charge is 0.152 e. The SMILES string of the molecule is C.C.C/C=C/C(C)=O.CC.CC. The average molecular weight is 176 g/mol. The topological polar surface area (TPSA) is 17.1 Å². The van der Waals surface area contributed by atoms with Crippen LogP contribution in [-0.4, -0.2) is 5.78 Å². The number of allylic oxidation sites excluding steroid dienone is 2. The van der Waals surface area contributed by atoms with Crippen LogP contribution in [0.2, 0.25) is 0 Å². The lowest BCUT2D eigenvalue weighted by molar-refractivity contribution is -0.112. The summed E-state index contributed by atoms with van der Waals surface area (Å²) in [6.07, 6.45) is 3.25. The molecule has 0 bridgehead atoms. The van der Waals surface area contributed by atoms with E-state index in [1.807, 2.05) is 34.6 Å². The van der Waals surface area contributed by atoms with Gasteiger partial charge in [0, 0.05) is 0 Å². The van der Waals surface area contributed by atoms with Crippen molar-refractivity contribution in [3.05, 3.63) is 12.2 Å². The van der Waals surface area contributed by atoms with Crippen LogP contribution in [0.4, 0.5) is 0 Å². The Morgan fingerprint density at radius 2 is 1.25 bits per heavy atom. The van der Waals surface area contributed by atoms with Crippen molar-refractivity contribution < 1.29 is 4.79 Å². The van der Waals surface area contributed by atoms with E-state index in [1.54, 1.807) is 6.08 Å². The zero-order valence-electron chi connectivity index (χ0n) is 8.06. The molecule has 0 radical (unpaired) electrons. The van der Waals surface area contributed by atoms with Crippen LogP contribution in [0.5, 0.6) is 0 Å². The Morgan fingerprint density at radius 3 is 1.25 bits per heavy atom. The minimum absolute atomic E-state index is 0. The Bertz CT molecular complexity index is 73.1. The lowest BCUT2D eigenvalue weighted by atomic mass is 10.4. The maximum atomic E-state index is 9.96. The highest BCUT2D eigenvalue weighted by Gasteiger charge is 1.73. The number of carbonyl (C=O) groups excluding carboxylic acids is 1. The quantitative estimate of drug-likeness (QED) is 0.538. The number of carbonyl (C=O) groups is 1. The van der Waals surface area contributed by atoms with E-state index < -0.39 is 0 Å². The molecule has 1 nitrogen and oxygen atoms in total. The number of hydrogen-bond donors (Lipinski definition) is 0. The molecule has 0 unspecified atom stereocenters. The first kappa shape index (κ1) is 30.1. The van der Waals surface area contributed by atoms with Crippen LogP contribution >= 0.6 is 0 Å². The molecule has 78 valence electrons. The maximum absolute atomic E-state index is 9.96. The van der Waals surface area contributed by atoms with Crippen molar-refractivity contribution in [3.63, 3.8) is 0 Å². The second-order valence-electron chi connectivity index (χ2n) is 1.11. The fourth-order valence-corrected chi connectivity index (χ4v) is 0.235. The van der Waals surface area contributed by atoms with Gasteiger partial charge in [-0.2, -0.15) is 0 Å². The van der Waals surface area contributed by atoms with Gasteiger partial charge in [0.25, 0.3) is 0 Å². The zero-order valence-corrected chi connectivity index (χ0v) is 8.06. The van der Waals surface area contributed by atoms with E-state index in [0.717, 1.165) is 0 Å². The predicted octanol–water partition coefficient (Wildman–Crippen LogP) is 4.48. The van der Waals surface area contributed by atoms with Gasteiger partial charge in [-0.3, -0.25) is 4.79 Å². The second kappa shape index (κ2) is 47.4. The van der Waals surface area contributed by atoms with Gasteiger partial charge in [0.2, 0.25) is 0 Å². The third-order valence-electron chi connectivity index (χ3n) is 0.401. The summed E-state index contributed by atoms with van der Waals surface area (Å²) < 4.78 is 0. The molecule has 0 saturated heterocycles. The molecule has 0 fully saturated rings. The molecule has 12 heavy (non-hydrogen) atoms. The Labute approximate surface area is 79.9 Å². The van der Waals surface area contributed by atoms with E-state index in [-0.39, 0.29) is 20.6 Å². The molecule has 0 aliphatic carbocycles. The molecule has 0 amide bonds. The molecule has 0 heterocycles. The maximum Gasteiger partial charge on any atom is 0.152 e. The van der Waals surface area contributed by atoms with Gasteiger partial charge in [-0.25, -0.2) is 0 Å². The van der Waals surface area contributed by atoms with E-state index in [2.05, 4.69) is 0 Å². The summed E-state index contributed by atoms with van der Waals surface area (Å²) in [7, 11) is 0. The summed E-state index contributed by atoms with van der Waals surface area (Å²) >= 11 is 0. The highest BCUT2D eigenvalue weighted by atomic mass is 16.1. The average Bonchev–Trinajstić information content (AvgIpc) is 1.96. The summed E-state index contributed by atoms with van der Waals surface area (Å²) in [6, 6.07) is 0. The Kier molecular flexibility index (Phi) is 119. The van der Waals surface area contributed by atoms with Gasteiger partial charge >= 0.3 is 0 Å². The molecular weight excluding hydrogens is 148 g/mol. The summed E-state index contributed by atoms with van der Waals surface area (Å²) in [5.41, 5.74) is 0. The lowest BCUT2D eigenvalue weighted by Gasteiger charge is -1.68. The molecule has 0 aliphatic heterocycles. The van der Waals surface area contributed by atoms with Crippen LogP contribution in [0.25, 0.3) is 0 Å². The summed E-state index contributed by atoms with van der Waals surface area (Å²) in [5.74, 6) is 0.109. The number of ketones is 1. The minimum atomic E-state index is 0. The normalized spacial score (nSPS) is 5.83. The van der Waals surface area contributed by atoms with Gasteiger partial charge in [-0.1, -0.05) is 48.6 Å². The van der Waals surface area contributed by atoms with Crippen LogP contribution < -0.4 is 0 Å². The molecule has 0 aromatic heterocycles. The van der Waals surface area contributed by atoms with E-state index in [1.165, 1.54) is 13.0 Å². The standard InChI is InChI=1S/C5H8O.2C2H6.2CH4/c1-3-4-5(2)6;2*1-2;;/h3-4H,1-2H3;2*1-2H3;2*1H4/b4-3+;;;;. The van der Waals surface area contributed by atoms with E-state index in [4.69, 9.17) is 0 Å². The molecule has 0 aliphatic rings. The highest BCUT2D eigenvalue weighted by Crippen LogP contribution is 1.69. The zero-order chi connectivity index (χ0) is 8.99. The Morgan fingerprint density at radius 1 is 1.00 bits per heavy atom. The summed E-state index contributed by atoms with van der Waals surface area (Å²) in [4.78, 5) is 9.96. The van der Waals surface area contributed by atoms with Crippen LogP contribution in [0.3, 0.4) is 0 Å². The number of hydrogen-bond acceptors (Lipinski definition) is 1. The van der Waals surface area contributed by atoms with Gasteiger partial charge in [-0.05, 0) is 19.9 Å². The third-order valence-corrected chi connectivity index (χ3v) is 0.401. The molecule has 0 rings (SSSR count). The summed E-state index contributed by atoms with van der Waals surface area (Å²) in [5, 5.41) is 0. The molecule has 1 heteroatoms. The largest absolute Gasteiger partial charge is 0.295 e. The van der Waals surface area contributed by atoms with Crippen molar-refractivity contribution in [2.75, 3.05) is 0 Å². The molecular formula is C11H28O. The van der Waals surface area contributed by atoms with Crippen LogP contribution in [0.1, 0.15) is 56.4 Å². The fourth-order valence-electron chi connectivity index (χ4n) is 0.235. The van der Waals surface area contributed by atoms with E-state index >= 15 is 0 Å². The summed E-state index contributed by atoms with van der Waals surface area (Å²) in [6.45, 7) is 11.3. The van der Waals surface area contributed by atoms with Gasteiger partial charge in [0.05, 0.1) is 0 Å². The molecule has 0 spiro atoms. The lowest BCUT2D eigenvalue weighted by Crippen LogP contribution is -1.76. The van der Waals surface area contributed by atoms with Gasteiger partial charge in [0.15, 0.2) is 5.78 Å². The first-order valence-corrected chi connectivity index (χ1v) is 3.90. The second-order valence-corrected chi connectivity index (χ2v) is 1.11. The first-order chi connectivity index (χ1) is 4.77. The minimum Gasteiger partial charge on any atom is -0.295 e. The van der Waals surface area contributed by atoms with Gasteiger partial charge < -0.3 is 0 Å². The third kappa shape index (κ3) is 115. The predicted molar refractivity (Wildman–Crippen MR) is 61.7 cm³/mol. The molecule has 0 N–H and O–H groups in total. The first-order valence-electron chi connectivity index (χ1n) is 3.90. The van der Waals surface area contributed by atoms with E-state index in [0.29, 0.717) is 0 Å². The van der Waals surface area contributed by atoms with Crippen LogP contribution in [0, 0.1) is 0 Å². The van der Waals surface area contributed by atoms with Crippen LogP contribution in [-0.2, 0) is 4.79 Å². The fraction of sp³-hybridized carbons (Fsp3) is 0.727. The van der Waals surface area contributed by atoms with Crippen molar-refractivity contribution in [2.24, 2.45) is 0 Å². The van der Waals surface area contributed by atoms with Crippen LogP contribution in [0.15, 0.2) is 12.2 Å². The van der Waals surface area contributed by atoms with Crippen molar-refractivity contribution in [3.8, 4) is 0 Å².